The predicted octanol–water partition coefficient (Wildman–Crippen LogP) is 6.39. The van der Waals surface area contributed by atoms with E-state index in [-0.39, 0.29) is 5.41 Å². The highest BCUT2D eigenvalue weighted by Crippen LogP contribution is 2.48. The molecular formula is C21H18ClN. The Morgan fingerprint density at radius 1 is 0.783 bits per heavy atom. The lowest BCUT2D eigenvalue weighted by Crippen LogP contribution is -2.26. The molecule has 0 spiro atoms. The third-order valence-corrected chi connectivity index (χ3v) is 5.02. The normalized spacial score (nSPS) is 14.6. The molecule has 0 saturated heterocycles. The Labute approximate surface area is 141 Å². The second-order valence-corrected chi connectivity index (χ2v) is 6.95. The molecule has 0 aromatic heterocycles. The van der Waals surface area contributed by atoms with Crippen LogP contribution in [0.4, 0.5) is 11.4 Å². The molecule has 1 heterocycles. The van der Waals surface area contributed by atoms with E-state index in [4.69, 9.17) is 11.6 Å². The van der Waals surface area contributed by atoms with Crippen molar-refractivity contribution in [2.45, 2.75) is 19.3 Å². The molecule has 0 saturated carbocycles. The van der Waals surface area contributed by atoms with E-state index in [1.54, 1.807) is 0 Å². The molecule has 0 amide bonds. The third-order valence-electron chi connectivity index (χ3n) is 4.71. The molecule has 1 N–H and O–H groups in total. The molecule has 4 rings (SSSR count). The van der Waals surface area contributed by atoms with Crippen molar-refractivity contribution in [1.29, 1.82) is 0 Å². The van der Waals surface area contributed by atoms with Crippen LogP contribution in [0.1, 0.15) is 25.0 Å². The number of hydrogen-bond acceptors (Lipinski definition) is 1. The van der Waals surface area contributed by atoms with E-state index in [0.717, 1.165) is 16.4 Å². The van der Waals surface area contributed by atoms with E-state index in [2.05, 4.69) is 67.7 Å². The lowest BCUT2D eigenvalue weighted by Gasteiger charge is -2.36. The summed E-state index contributed by atoms with van der Waals surface area (Å²) in [6.45, 7) is 4.47. The van der Waals surface area contributed by atoms with E-state index in [9.17, 15) is 0 Å². The zero-order valence-corrected chi connectivity index (χ0v) is 14.0. The fraction of sp³-hybridized carbons (Fsp3) is 0.143. The van der Waals surface area contributed by atoms with Crippen molar-refractivity contribution in [3.63, 3.8) is 0 Å². The molecule has 0 fully saturated rings. The van der Waals surface area contributed by atoms with E-state index in [1.165, 1.54) is 22.3 Å². The maximum atomic E-state index is 6.48. The van der Waals surface area contributed by atoms with Crippen molar-refractivity contribution in [1.82, 2.24) is 0 Å². The van der Waals surface area contributed by atoms with Crippen LogP contribution in [0.25, 0.3) is 11.1 Å². The van der Waals surface area contributed by atoms with Gasteiger partial charge in [0, 0.05) is 27.4 Å². The Balaban J connectivity index is 1.88. The molecule has 23 heavy (non-hydrogen) atoms. The van der Waals surface area contributed by atoms with Crippen LogP contribution in [0.5, 0.6) is 0 Å². The third kappa shape index (κ3) is 2.24. The monoisotopic (exact) mass is 319 g/mol. The topological polar surface area (TPSA) is 12.0 Å². The van der Waals surface area contributed by atoms with E-state index in [1.807, 2.05) is 18.2 Å². The second-order valence-electron chi connectivity index (χ2n) is 6.54. The first kappa shape index (κ1) is 14.3. The Morgan fingerprint density at radius 3 is 2.35 bits per heavy atom. The number of hydrogen-bond donors (Lipinski definition) is 1. The first-order valence-electron chi connectivity index (χ1n) is 7.83. The SMILES string of the molecule is CC1(C)c2ccc(-c3ccccc3)cc2Nc2cccc(Cl)c21. The standard InChI is InChI=1S/C21H18ClN/c1-21(2)16-12-11-15(14-7-4-3-5-8-14)13-19(16)23-18-10-6-9-17(22)20(18)21/h3-13,23H,1-2H3. The van der Waals surface area contributed by atoms with Crippen molar-refractivity contribution in [2.24, 2.45) is 0 Å². The molecule has 114 valence electrons. The summed E-state index contributed by atoms with van der Waals surface area (Å²) < 4.78 is 0. The van der Waals surface area contributed by atoms with Gasteiger partial charge < -0.3 is 5.32 Å². The van der Waals surface area contributed by atoms with Gasteiger partial charge in [0.1, 0.15) is 0 Å². The van der Waals surface area contributed by atoms with E-state index < -0.39 is 0 Å². The predicted molar refractivity (Wildman–Crippen MR) is 98.7 cm³/mol. The van der Waals surface area contributed by atoms with Gasteiger partial charge in [-0.1, -0.05) is 74.0 Å². The van der Waals surface area contributed by atoms with E-state index in [0.29, 0.717) is 0 Å². The number of benzene rings is 3. The summed E-state index contributed by atoms with van der Waals surface area (Å²) in [4.78, 5) is 0. The minimum Gasteiger partial charge on any atom is -0.355 e. The van der Waals surface area contributed by atoms with Crippen LogP contribution in [-0.2, 0) is 5.41 Å². The van der Waals surface area contributed by atoms with Gasteiger partial charge in [-0.2, -0.15) is 0 Å². The second kappa shape index (κ2) is 5.14. The minimum absolute atomic E-state index is 0.122. The first-order valence-corrected chi connectivity index (χ1v) is 8.21. The van der Waals surface area contributed by atoms with Crippen molar-refractivity contribution in [3.05, 3.63) is 82.9 Å². The summed E-state index contributed by atoms with van der Waals surface area (Å²) in [5.41, 5.74) is 7.03. The van der Waals surface area contributed by atoms with Crippen LogP contribution in [0, 0.1) is 0 Å². The summed E-state index contributed by atoms with van der Waals surface area (Å²) in [5, 5.41) is 4.38. The van der Waals surface area contributed by atoms with Crippen molar-refractivity contribution >= 4 is 23.0 Å². The molecule has 2 heteroatoms. The zero-order valence-electron chi connectivity index (χ0n) is 13.2. The van der Waals surface area contributed by atoms with Gasteiger partial charge in [0.2, 0.25) is 0 Å². The maximum absolute atomic E-state index is 6.48. The van der Waals surface area contributed by atoms with Crippen molar-refractivity contribution in [2.75, 3.05) is 5.32 Å². The molecule has 0 bridgehead atoms. The lowest BCUT2D eigenvalue weighted by atomic mass is 9.74. The average molecular weight is 320 g/mol. The molecule has 0 atom stereocenters. The number of rotatable bonds is 1. The first-order chi connectivity index (χ1) is 11.1. The van der Waals surface area contributed by atoms with Gasteiger partial charge in [-0.15, -0.1) is 0 Å². The van der Waals surface area contributed by atoms with Crippen LogP contribution < -0.4 is 5.32 Å². The molecule has 3 aromatic rings. The van der Waals surface area contributed by atoms with Gasteiger partial charge in [-0.05, 0) is 34.9 Å². The van der Waals surface area contributed by atoms with Gasteiger partial charge in [0.25, 0.3) is 0 Å². The lowest BCUT2D eigenvalue weighted by molar-refractivity contribution is 0.638. The summed E-state index contributed by atoms with van der Waals surface area (Å²) in [6, 6.07) is 23.2. The molecule has 0 radical (unpaired) electrons. The molecular weight excluding hydrogens is 302 g/mol. The number of fused-ring (bicyclic) bond motifs is 2. The van der Waals surface area contributed by atoms with Crippen LogP contribution in [0.2, 0.25) is 5.02 Å². The Kier molecular flexibility index (Phi) is 3.21. The summed E-state index contributed by atoms with van der Waals surface area (Å²) in [5.74, 6) is 0. The Hall–Kier alpha value is -2.25. The summed E-state index contributed by atoms with van der Waals surface area (Å²) >= 11 is 6.48. The smallest absolute Gasteiger partial charge is 0.0467 e. The van der Waals surface area contributed by atoms with Crippen LogP contribution in [-0.4, -0.2) is 0 Å². The number of nitrogens with one attached hydrogen (secondary N) is 1. The molecule has 1 aliphatic rings. The average Bonchev–Trinajstić information content (AvgIpc) is 2.55. The van der Waals surface area contributed by atoms with Crippen molar-refractivity contribution in [3.8, 4) is 11.1 Å². The fourth-order valence-electron chi connectivity index (χ4n) is 3.55. The van der Waals surface area contributed by atoms with Crippen LogP contribution >= 0.6 is 11.6 Å². The van der Waals surface area contributed by atoms with Gasteiger partial charge in [-0.25, -0.2) is 0 Å². The fourth-order valence-corrected chi connectivity index (χ4v) is 3.96. The Bertz CT molecular complexity index is 882. The highest BCUT2D eigenvalue weighted by Gasteiger charge is 2.34. The number of anilines is 2. The molecule has 3 aromatic carbocycles. The van der Waals surface area contributed by atoms with Gasteiger partial charge in [-0.3, -0.25) is 0 Å². The van der Waals surface area contributed by atoms with E-state index >= 15 is 0 Å². The molecule has 1 aliphatic heterocycles. The largest absolute Gasteiger partial charge is 0.355 e. The summed E-state index contributed by atoms with van der Waals surface area (Å²) in [6.07, 6.45) is 0. The molecule has 0 unspecified atom stereocenters. The quantitative estimate of drug-likeness (QED) is 0.548. The van der Waals surface area contributed by atoms with Gasteiger partial charge in [0.15, 0.2) is 0 Å². The highest BCUT2D eigenvalue weighted by molar-refractivity contribution is 6.32. The van der Waals surface area contributed by atoms with Crippen molar-refractivity contribution < 1.29 is 0 Å². The Morgan fingerprint density at radius 2 is 1.57 bits per heavy atom. The van der Waals surface area contributed by atoms with Crippen LogP contribution in [0.15, 0.2) is 66.7 Å². The minimum atomic E-state index is -0.122. The van der Waals surface area contributed by atoms with Crippen LogP contribution in [0.3, 0.4) is 0 Å². The summed E-state index contributed by atoms with van der Waals surface area (Å²) in [7, 11) is 0. The highest BCUT2D eigenvalue weighted by atomic mass is 35.5. The van der Waals surface area contributed by atoms with Gasteiger partial charge >= 0.3 is 0 Å². The molecule has 1 nitrogen and oxygen atoms in total. The van der Waals surface area contributed by atoms with Gasteiger partial charge in [0.05, 0.1) is 0 Å². The maximum Gasteiger partial charge on any atom is 0.0467 e. The number of halogens is 1. The molecule has 0 aliphatic carbocycles. The zero-order chi connectivity index (χ0) is 16.0.